The lowest BCUT2D eigenvalue weighted by atomic mass is 9.81. The van der Waals surface area contributed by atoms with Gasteiger partial charge in [-0.2, -0.15) is 26.3 Å². The van der Waals surface area contributed by atoms with E-state index in [1.165, 1.54) is 48.5 Å². The molecule has 2 fully saturated rings. The Balaban J connectivity index is 1.27. The van der Waals surface area contributed by atoms with Crippen LogP contribution in [0.4, 0.5) is 49.1 Å². The van der Waals surface area contributed by atoms with Gasteiger partial charge in [-0.15, -0.1) is 0 Å². The summed E-state index contributed by atoms with van der Waals surface area (Å²) in [5.74, 6) is -2.75. The molecular weight excluding hydrogens is 746 g/mol. The average molecular weight is 785 g/mol. The summed E-state index contributed by atoms with van der Waals surface area (Å²) in [5, 5.41) is 24.6. The number of carbonyl (C=O) groups is 1. The summed E-state index contributed by atoms with van der Waals surface area (Å²) < 4.78 is 80.6. The number of carbonyl (C=O) groups excluding carboxylic acids is 1. The van der Waals surface area contributed by atoms with Gasteiger partial charge in [-0.25, -0.2) is 0 Å². The molecule has 2 atom stereocenters. The number of piperazine rings is 2. The summed E-state index contributed by atoms with van der Waals surface area (Å²) in [4.78, 5) is 45.9. The van der Waals surface area contributed by atoms with Gasteiger partial charge in [0.2, 0.25) is 0 Å². The van der Waals surface area contributed by atoms with Gasteiger partial charge >= 0.3 is 12.4 Å². The summed E-state index contributed by atoms with van der Waals surface area (Å²) in [6.07, 6.45) is -9.04. The van der Waals surface area contributed by atoms with Gasteiger partial charge in [0.25, 0.3) is 11.4 Å². The molecule has 0 radical (unpaired) electrons. The van der Waals surface area contributed by atoms with Crippen molar-refractivity contribution in [3.05, 3.63) is 140 Å². The summed E-state index contributed by atoms with van der Waals surface area (Å²) in [6.45, 7) is 2.49. The van der Waals surface area contributed by atoms with Crippen molar-refractivity contribution in [2.75, 3.05) is 75.2 Å². The second kappa shape index (κ2) is 16.7. The Morgan fingerprint density at radius 3 is 1.25 bits per heavy atom. The largest absolute Gasteiger partial charge is 0.416 e. The molecule has 6 rings (SSSR count). The Bertz CT molecular complexity index is 1900. The summed E-state index contributed by atoms with van der Waals surface area (Å²) >= 11 is 0. The SMILES string of the molecule is O=C(C(CN1CCN(c2cccc(C(F)(F)F)c2)CC1)c1ccccc1[N+](=O)[O-])C(CN1CCN(c2cccc(C(F)(F)F)c2)CC1)c1ccccc1[N+](=O)[O-]. The molecule has 0 N–H and O–H groups in total. The normalized spacial score (nSPS) is 17.0. The maximum atomic E-state index is 15.0. The Labute approximate surface area is 318 Å². The van der Waals surface area contributed by atoms with Gasteiger partial charge in [0.05, 0.1) is 32.8 Å². The van der Waals surface area contributed by atoms with Crippen molar-refractivity contribution < 1.29 is 41.0 Å². The topological polar surface area (TPSA) is 116 Å². The molecule has 2 aliphatic rings. The molecular formula is C39H38F6N6O5. The maximum absolute atomic E-state index is 15.0. The first-order valence-corrected chi connectivity index (χ1v) is 17.9. The van der Waals surface area contributed by atoms with Gasteiger partial charge in [-0.05, 0) is 36.4 Å². The minimum Gasteiger partial charge on any atom is -0.369 e. The van der Waals surface area contributed by atoms with Gasteiger partial charge in [0.15, 0.2) is 5.78 Å². The highest BCUT2D eigenvalue weighted by molar-refractivity contribution is 5.94. The fraction of sp³-hybridized carbons (Fsp3) is 0.359. The van der Waals surface area contributed by atoms with Gasteiger partial charge in [0.1, 0.15) is 0 Å². The molecule has 4 aromatic rings. The zero-order chi connectivity index (χ0) is 40.2. The first-order chi connectivity index (χ1) is 26.6. The third-order valence-electron chi connectivity index (χ3n) is 10.4. The standard InChI is InChI=1S/C39H38F6N6O5/c40-38(41,42)27-7-5-9-29(23-27)48-19-15-46(16-20-48)25-33(31-11-1-3-13-35(31)50(53)54)37(52)34(32-12-2-4-14-36(32)51(55)56)26-47-17-21-49(22-18-47)30-10-6-8-28(24-30)39(43,44)45/h1-14,23-24,33-34H,15-22,25-26H2. The van der Waals surface area contributed by atoms with E-state index in [0.29, 0.717) is 63.7 Å². The Morgan fingerprint density at radius 2 is 0.911 bits per heavy atom. The van der Waals surface area contributed by atoms with E-state index in [0.717, 1.165) is 24.3 Å². The second-order valence-electron chi connectivity index (χ2n) is 13.8. The minimum atomic E-state index is -4.52. The number of benzene rings is 4. The molecule has 2 aliphatic heterocycles. The zero-order valence-corrected chi connectivity index (χ0v) is 30.0. The monoisotopic (exact) mass is 784 g/mol. The van der Waals surface area contributed by atoms with Crippen LogP contribution in [-0.2, 0) is 17.1 Å². The van der Waals surface area contributed by atoms with Crippen LogP contribution in [-0.4, -0.2) is 90.9 Å². The highest BCUT2D eigenvalue weighted by atomic mass is 19.4. The zero-order valence-electron chi connectivity index (χ0n) is 30.0. The van der Waals surface area contributed by atoms with Crippen LogP contribution >= 0.6 is 0 Å². The molecule has 17 heteroatoms. The molecule has 0 amide bonds. The van der Waals surface area contributed by atoms with E-state index in [9.17, 15) is 46.6 Å². The van der Waals surface area contributed by atoms with Crippen LogP contribution in [0.3, 0.4) is 0 Å². The third kappa shape index (κ3) is 9.27. The number of Topliss-reactive ketones (excluding diaryl/α,β-unsaturated/α-hetero) is 1. The molecule has 0 aliphatic carbocycles. The molecule has 2 unspecified atom stereocenters. The Hall–Kier alpha value is -5.55. The number of hydrogen-bond acceptors (Lipinski definition) is 9. The number of anilines is 2. The number of halogens is 6. The number of nitrogens with zero attached hydrogens (tertiary/aromatic N) is 6. The van der Waals surface area contributed by atoms with Crippen LogP contribution in [0.2, 0.25) is 0 Å². The van der Waals surface area contributed by atoms with Crippen LogP contribution in [0.5, 0.6) is 0 Å². The molecule has 56 heavy (non-hydrogen) atoms. The molecule has 2 heterocycles. The molecule has 4 aromatic carbocycles. The third-order valence-corrected chi connectivity index (χ3v) is 10.4. The summed E-state index contributed by atoms with van der Waals surface area (Å²) in [6, 6.07) is 21.6. The molecule has 2 saturated heterocycles. The van der Waals surface area contributed by atoms with E-state index in [1.807, 2.05) is 9.80 Å². The first kappa shape index (κ1) is 40.1. The number of alkyl halides is 6. The van der Waals surface area contributed by atoms with Gasteiger partial charge in [0, 0.05) is 100 Å². The van der Waals surface area contributed by atoms with Crippen LogP contribution in [0, 0.1) is 20.2 Å². The number of nitro benzene ring substituents is 2. The molecule has 296 valence electrons. The Morgan fingerprint density at radius 1 is 0.554 bits per heavy atom. The lowest BCUT2D eigenvalue weighted by Crippen LogP contribution is -2.50. The number of nitro groups is 2. The first-order valence-electron chi connectivity index (χ1n) is 17.9. The Kier molecular flexibility index (Phi) is 11.9. The molecule has 11 nitrogen and oxygen atoms in total. The van der Waals surface area contributed by atoms with E-state index in [4.69, 9.17) is 0 Å². The molecule has 0 aromatic heterocycles. The lowest BCUT2D eigenvalue weighted by molar-refractivity contribution is -0.385. The van der Waals surface area contributed by atoms with E-state index >= 15 is 4.79 Å². The van der Waals surface area contributed by atoms with Gasteiger partial charge < -0.3 is 9.80 Å². The van der Waals surface area contributed by atoms with Crippen LogP contribution < -0.4 is 9.80 Å². The molecule has 0 spiro atoms. The fourth-order valence-electron chi connectivity index (χ4n) is 7.47. The number of hydrogen-bond donors (Lipinski definition) is 0. The van der Waals surface area contributed by atoms with Crippen LogP contribution in [0.1, 0.15) is 34.1 Å². The van der Waals surface area contributed by atoms with Crippen molar-refractivity contribution in [2.45, 2.75) is 24.2 Å². The molecule has 0 bridgehead atoms. The number of ketones is 1. The van der Waals surface area contributed by atoms with Crippen molar-refractivity contribution in [3.8, 4) is 0 Å². The van der Waals surface area contributed by atoms with E-state index in [1.54, 1.807) is 34.1 Å². The van der Waals surface area contributed by atoms with Crippen molar-refractivity contribution in [1.82, 2.24) is 9.80 Å². The van der Waals surface area contributed by atoms with E-state index in [2.05, 4.69) is 0 Å². The predicted molar refractivity (Wildman–Crippen MR) is 197 cm³/mol. The van der Waals surface area contributed by atoms with E-state index < -0.39 is 50.9 Å². The van der Waals surface area contributed by atoms with Crippen molar-refractivity contribution >= 4 is 28.5 Å². The van der Waals surface area contributed by atoms with Crippen molar-refractivity contribution in [1.29, 1.82) is 0 Å². The van der Waals surface area contributed by atoms with Crippen LogP contribution in [0.25, 0.3) is 0 Å². The van der Waals surface area contributed by atoms with Gasteiger partial charge in [-0.1, -0.05) is 48.5 Å². The predicted octanol–water partition coefficient (Wildman–Crippen LogP) is 7.62. The minimum absolute atomic E-state index is 0.000568. The van der Waals surface area contributed by atoms with E-state index in [-0.39, 0.29) is 35.6 Å². The average Bonchev–Trinajstić information content (AvgIpc) is 3.18. The van der Waals surface area contributed by atoms with Crippen LogP contribution in [0.15, 0.2) is 97.1 Å². The number of para-hydroxylation sites is 2. The highest BCUT2D eigenvalue weighted by Gasteiger charge is 2.39. The highest BCUT2D eigenvalue weighted by Crippen LogP contribution is 2.38. The summed E-state index contributed by atoms with van der Waals surface area (Å²) in [7, 11) is 0. The summed E-state index contributed by atoms with van der Waals surface area (Å²) in [5.41, 5.74) is -1.14. The number of rotatable bonds is 12. The van der Waals surface area contributed by atoms with Gasteiger partial charge in [-0.3, -0.25) is 34.8 Å². The maximum Gasteiger partial charge on any atom is 0.416 e. The molecule has 0 saturated carbocycles. The fourth-order valence-corrected chi connectivity index (χ4v) is 7.47. The smallest absolute Gasteiger partial charge is 0.369 e. The van der Waals surface area contributed by atoms with Crippen molar-refractivity contribution in [3.63, 3.8) is 0 Å². The lowest BCUT2D eigenvalue weighted by Gasteiger charge is -2.39. The second-order valence-corrected chi connectivity index (χ2v) is 13.8. The quantitative estimate of drug-likeness (QED) is 0.0813. The van der Waals surface area contributed by atoms with Crippen molar-refractivity contribution in [2.24, 2.45) is 0 Å².